The van der Waals surface area contributed by atoms with Crippen LogP contribution in [-0.2, 0) is 6.54 Å². The molecule has 5 nitrogen and oxygen atoms in total. The molecule has 1 aliphatic rings. The first kappa shape index (κ1) is 15.7. The fraction of sp³-hybridized carbons (Fsp3) is 0.467. The largest absolute Gasteiger partial charge is 0.478 e. The van der Waals surface area contributed by atoms with Gasteiger partial charge in [-0.1, -0.05) is 12.1 Å². The molecule has 0 aromatic heterocycles. The minimum absolute atomic E-state index is 0.0335. The molecule has 2 N–H and O–H groups in total. The van der Waals surface area contributed by atoms with E-state index in [1.54, 1.807) is 36.0 Å². The van der Waals surface area contributed by atoms with Crippen molar-refractivity contribution in [2.24, 2.45) is 0 Å². The lowest BCUT2D eigenvalue weighted by Crippen LogP contribution is -2.43. The van der Waals surface area contributed by atoms with Gasteiger partial charge in [0.05, 0.1) is 5.56 Å². The van der Waals surface area contributed by atoms with Crippen molar-refractivity contribution in [3.05, 3.63) is 35.4 Å². The lowest BCUT2D eigenvalue weighted by Gasteiger charge is -2.24. The van der Waals surface area contributed by atoms with Crippen molar-refractivity contribution < 1.29 is 14.7 Å². The summed E-state index contributed by atoms with van der Waals surface area (Å²) < 4.78 is 0. The first-order valence-corrected chi connectivity index (χ1v) is 8.37. The summed E-state index contributed by atoms with van der Waals surface area (Å²) in [6.45, 7) is 1.23. The Morgan fingerprint density at radius 3 is 2.71 bits per heavy atom. The molecule has 0 aliphatic carbocycles. The molecule has 21 heavy (non-hydrogen) atoms. The fourth-order valence-electron chi connectivity index (χ4n) is 2.51. The van der Waals surface area contributed by atoms with Crippen molar-refractivity contribution in [1.82, 2.24) is 10.2 Å². The molecule has 114 valence electrons. The lowest BCUT2D eigenvalue weighted by atomic mass is 10.1. The van der Waals surface area contributed by atoms with Gasteiger partial charge < -0.3 is 15.3 Å². The topological polar surface area (TPSA) is 69.6 Å². The number of aromatic carboxylic acids is 1. The summed E-state index contributed by atoms with van der Waals surface area (Å²) in [7, 11) is 0. The normalized spacial score (nSPS) is 17.8. The molecule has 2 rings (SSSR count). The van der Waals surface area contributed by atoms with Crippen LogP contribution in [0.3, 0.4) is 0 Å². The highest BCUT2D eigenvalue weighted by Gasteiger charge is 2.27. The van der Waals surface area contributed by atoms with Gasteiger partial charge in [-0.15, -0.1) is 0 Å². The molecule has 1 atom stereocenters. The fourth-order valence-corrected chi connectivity index (χ4v) is 3.24. The number of carbonyl (C=O) groups is 2. The first-order chi connectivity index (χ1) is 10.1. The number of carbonyl (C=O) groups excluding carboxylic acids is 1. The van der Waals surface area contributed by atoms with Crippen LogP contribution in [0.2, 0.25) is 0 Å². The van der Waals surface area contributed by atoms with Crippen LogP contribution >= 0.6 is 11.8 Å². The van der Waals surface area contributed by atoms with Crippen molar-refractivity contribution in [2.75, 3.05) is 18.6 Å². The Kier molecular flexibility index (Phi) is 5.50. The predicted octanol–water partition coefficient (Wildman–Crippen LogP) is 2.42. The van der Waals surface area contributed by atoms with E-state index in [4.69, 9.17) is 5.11 Å². The van der Waals surface area contributed by atoms with Crippen LogP contribution in [0.25, 0.3) is 0 Å². The van der Waals surface area contributed by atoms with Crippen LogP contribution in [0.1, 0.15) is 28.8 Å². The maximum absolute atomic E-state index is 12.2. The van der Waals surface area contributed by atoms with Gasteiger partial charge >= 0.3 is 12.0 Å². The molecule has 1 fully saturated rings. The average Bonchev–Trinajstić information content (AvgIpc) is 2.94. The second-order valence-corrected chi connectivity index (χ2v) is 6.02. The van der Waals surface area contributed by atoms with Gasteiger partial charge in [0.25, 0.3) is 0 Å². The summed E-state index contributed by atoms with van der Waals surface area (Å²) in [4.78, 5) is 24.9. The Labute approximate surface area is 128 Å². The van der Waals surface area contributed by atoms with Crippen LogP contribution in [0.5, 0.6) is 0 Å². The molecule has 1 aromatic carbocycles. The molecule has 1 saturated heterocycles. The molecule has 6 heteroatoms. The molecule has 1 heterocycles. The van der Waals surface area contributed by atoms with E-state index in [9.17, 15) is 9.59 Å². The van der Waals surface area contributed by atoms with Crippen LogP contribution in [-0.4, -0.2) is 46.6 Å². The van der Waals surface area contributed by atoms with E-state index in [-0.39, 0.29) is 11.6 Å². The SMILES string of the molecule is CSCC1CCCN1C(=O)NCc1ccc(C(=O)O)cc1. The monoisotopic (exact) mass is 308 g/mol. The Hall–Kier alpha value is -1.69. The number of nitrogens with one attached hydrogen (secondary N) is 1. The number of likely N-dealkylation sites (tertiary alicyclic amines) is 1. The van der Waals surface area contributed by atoms with Crippen molar-refractivity contribution in [3.63, 3.8) is 0 Å². The number of thioether (sulfide) groups is 1. The summed E-state index contributed by atoms with van der Waals surface area (Å²) in [6, 6.07) is 6.86. The summed E-state index contributed by atoms with van der Waals surface area (Å²) in [6.07, 6.45) is 4.19. The Morgan fingerprint density at radius 2 is 2.10 bits per heavy atom. The van der Waals surface area contributed by atoms with Gasteiger partial charge in [-0.05, 0) is 36.8 Å². The summed E-state index contributed by atoms with van der Waals surface area (Å²) >= 11 is 1.76. The highest BCUT2D eigenvalue weighted by atomic mass is 32.2. The van der Waals surface area contributed by atoms with Gasteiger partial charge in [0.15, 0.2) is 0 Å². The third-order valence-electron chi connectivity index (χ3n) is 3.64. The maximum atomic E-state index is 12.2. The zero-order valence-electron chi connectivity index (χ0n) is 12.0. The van der Waals surface area contributed by atoms with Crippen LogP contribution in [0, 0.1) is 0 Å². The number of hydrogen-bond acceptors (Lipinski definition) is 3. The van der Waals surface area contributed by atoms with E-state index < -0.39 is 5.97 Å². The zero-order chi connectivity index (χ0) is 15.2. The van der Waals surface area contributed by atoms with Crippen molar-refractivity contribution in [2.45, 2.75) is 25.4 Å². The van der Waals surface area contributed by atoms with Gasteiger partial charge in [0.2, 0.25) is 0 Å². The minimum atomic E-state index is -0.942. The number of rotatable bonds is 5. The summed E-state index contributed by atoms with van der Waals surface area (Å²) in [5.74, 6) is 0.0309. The second-order valence-electron chi connectivity index (χ2n) is 5.11. The number of benzene rings is 1. The number of nitrogens with zero attached hydrogens (tertiary/aromatic N) is 1. The number of carboxylic acid groups (broad SMARTS) is 1. The highest BCUT2D eigenvalue weighted by molar-refractivity contribution is 7.98. The van der Waals surface area contributed by atoms with Crippen LogP contribution in [0.4, 0.5) is 4.79 Å². The first-order valence-electron chi connectivity index (χ1n) is 6.97. The number of carboxylic acids is 1. The number of urea groups is 1. The number of hydrogen-bond donors (Lipinski definition) is 2. The van der Waals surface area contributed by atoms with E-state index in [0.29, 0.717) is 12.6 Å². The minimum Gasteiger partial charge on any atom is -0.478 e. The van der Waals surface area contributed by atoms with Gasteiger partial charge in [-0.25, -0.2) is 9.59 Å². The van der Waals surface area contributed by atoms with Crippen molar-refractivity contribution in [3.8, 4) is 0 Å². The molecule has 0 saturated carbocycles. The third kappa shape index (κ3) is 4.14. The second kappa shape index (κ2) is 7.36. The van der Waals surface area contributed by atoms with Crippen LogP contribution in [0.15, 0.2) is 24.3 Å². The zero-order valence-corrected chi connectivity index (χ0v) is 12.9. The summed E-state index contributed by atoms with van der Waals surface area (Å²) in [5, 5.41) is 11.7. The molecule has 0 bridgehead atoms. The third-order valence-corrected chi connectivity index (χ3v) is 4.36. The smallest absolute Gasteiger partial charge is 0.335 e. The molecule has 1 unspecified atom stereocenters. The Balaban J connectivity index is 1.87. The van der Waals surface area contributed by atoms with Gasteiger partial charge in [-0.2, -0.15) is 11.8 Å². The van der Waals surface area contributed by atoms with E-state index in [0.717, 1.165) is 30.7 Å². The van der Waals surface area contributed by atoms with Crippen molar-refractivity contribution in [1.29, 1.82) is 0 Å². The highest BCUT2D eigenvalue weighted by Crippen LogP contribution is 2.20. The Morgan fingerprint density at radius 1 is 1.38 bits per heavy atom. The molecule has 0 radical (unpaired) electrons. The molecular weight excluding hydrogens is 288 g/mol. The average molecular weight is 308 g/mol. The summed E-state index contributed by atoms with van der Waals surface area (Å²) in [5.41, 5.74) is 1.15. The van der Waals surface area contributed by atoms with E-state index in [1.807, 2.05) is 4.90 Å². The van der Waals surface area contributed by atoms with Gasteiger partial charge in [0.1, 0.15) is 0 Å². The molecule has 1 aromatic rings. The van der Waals surface area contributed by atoms with E-state index >= 15 is 0 Å². The molecule has 0 spiro atoms. The predicted molar refractivity (Wildman–Crippen MR) is 83.7 cm³/mol. The van der Waals surface area contributed by atoms with Gasteiger partial charge in [0, 0.05) is 24.9 Å². The molecule has 1 aliphatic heterocycles. The van der Waals surface area contributed by atoms with Gasteiger partial charge in [-0.3, -0.25) is 0 Å². The quantitative estimate of drug-likeness (QED) is 0.876. The van der Waals surface area contributed by atoms with Crippen LogP contribution < -0.4 is 5.32 Å². The van der Waals surface area contributed by atoms with E-state index in [1.165, 1.54) is 0 Å². The maximum Gasteiger partial charge on any atom is 0.335 e. The molecular formula is C15H20N2O3S. The number of amides is 2. The van der Waals surface area contributed by atoms with Crippen molar-refractivity contribution >= 4 is 23.8 Å². The Bertz CT molecular complexity index is 504. The standard InChI is InChI=1S/C15H20N2O3S/c1-21-10-13-3-2-8-17(13)15(20)16-9-11-4-6-12(7-5-11)14(18)19/h4-7,13H,2-3,8-10H2,1H3,(H,16,20)(H,18,19). The lowest BCUT2D eigenvalue weighted by molar-refractivity contribution is 0.0697. The molecule has 2 amide bonds. The van der Waals surface area contributed by atoms with E-state index in [2.05, 4.69) is 11.6 Å².